The van der Waals surface area contributed by atoms with Crippen molar-refractivity contribution in [3.05, 3.63) is 65.0 Å². The van der Waals surface area contributed by atoms with Crippen LogP contribution in [0, 0.1) is 6.92 Å². The number of hydrogen-bond acceptors (Lipinski definition) is 5. The van der Waals surface area contributed by atoms with Crippen LogP contribution < -0.4 is 4.74 Å². The van der Waals surface area contributed by atoms with Crippen LogP contribution >= 0.6 is 0 Å². The molecule has 1 aromatic carbocycles. The minimum absolute atomic E-state index is 0.0126. The lowest BCUT2D eigenvalue weighted by atomic mass is 9.97. The summed E-state index contributed by atoms with van der Waals surface area (Å²) in [5, 5.41) is 11.1. The van der Waals surface area contributed by atoms with Crippen LogP contribution in [-0.2, 0) is 9.59 Å². The molecule has 29 heavy (non-hydrogen) atoms. The number of aliphatic hydroxyl groups excluding tert-OH is 1. The lowest BCUT2D eigenvalue weighted by molar-refractivity contribution is -0.141. The number of aromatic nitrogens is 1. The highest BCUT2D eigenvalue weighted by Crippen LogP contribution is 2.43. The number of ether oxygens (including phenoxy) is 1. The first-order valence-electron chi connectivity index (χ1n) is 9.89. The van der Waals surface area contributed by atoms with E-state index < -0.39 is 17.7 Å². The van der Waals surface area contributed by atoms with E-state index in [4.69, 9.17) is 4.74 Å². The van der Waals surface area contributed by atoms with Gasteiger partial charge in [0.25, 0.3) is 11.7 Å². The second-order valence-corrected chi connectivity index (χ2v) is 7.58. The number of ketones is 1. The summed E-state index contributed by atoms with van der Waals surface area (Å²) < 4.78 is 5.28. The monoisotopic (exact) mass is 392 g/mol. The predicted molar refractivity (Wildman–Crippen MR) is 108 cm³/mol. The van der Waals surface area contributed by atoms with Crippen LogP contribution in [-0.4, -0.2) is 39.8 Å². The van der Waals surface area contributed by atoms with Crippen molar-refractivity contribution >= 4 is 17.4 Å². The van der Waals surface area contributed by atoms with Crippen molar-refractivity contribution in [3.8, 4) is 5.75 Å². The molecule has 1 atom stereocenters. The van der Waals surface area contributed by atoms with E-state index >= 15 is 0 Å². The molecule has 2 fully saturated rings. The van der Waals surface area contributed by atoms with Gasteiger partial charge in [-0.15, -0.1) is 0 Å². The number of hydrogen-bond donors (Lipinski definition) is 1. The van der Waals surface area contributed by atoms with Crippen LogP contribution in [0.15, 0.2) is 48.2 Å². The minimum Gasteiger partial charge on any atom is -0.507 e. The lowest BCUT2D eigenvalue weighted by Gasteiger charge is -2.30. The average molecular weight is 392 g/mol. The lowest BCUT2D eigenvalue weighted by Crippen LogP contribution is -2.37. The Kier molecular flexibility index (Phi) is 5.09. The van der Waals surface area contributed by atoms with Gasteiger partial charge in [-0.1, -0.05) is 18.9 Å². The van der Waals surface area contributed by atoms with Gasteiger partial charge in [0.2, 0.25) is 0 Å². The van der Waals surface area contributed by atoms with Crippen molar-refractivity contribution < 1.29 is 19.4 Å². The Labute approximate surface area is 169 Å². The highest BCUT2D eigenvalue weighted by Gasteiger charge is 2.49. The van der Waals surface area contributed by atoms with E-state index in [9.17, 15) is 14.7 Å². The molecule has 1 unspecified atom stereocenters. The Balaban J connectivity index is 1.87. The van der Waals surface area contributed by atoms with Gasteiger partial charge in [-0.2, -0.15) is 0 Å². The van der Waals surface area contributed by atoms with E-state index in [1.54, 1.807) is 48.5 Å². The van der Waals surface area contributed by atoms with Crippen molar-refractivity contribution in [1.82, 2.24) is 9.88 Å². The van der Waals surface area contributed by atoms with Gasteiger partial charge < -0.3 is 14.7 Å². The Morgan fingerprint density at radius 3 is 2.55 bits per heavy atom. The fourth-order valence-corrected chi connectivity index (χ4v) is 4.42. The third kappa shape index (κ3) is 3.28. The zero-order chi connectivity index (χ0) is 20.5. The smallest absolute Gasteiger partial charge is 0.295 e. The van der Waals surface area contributed by atoms with Gasteiger partial charge in [0.1, 0.15) is 17.6 Å². The van der Waals surface area contributed by atoms with Gasteiger partial charge in [0.15, 0.2) is 0 Å². The molecule has 4 rings (SSSR count). The molecule has 1 saturated heterocycles. The molecular weight excluding hydrogens is 368 g/mol. The van der Waals surface area contributed by atoms with E-state index in [2.05, 4.69) is 4.98 Å². The van der Waals surface area contributed by atoms with Gasteiger partial charge in [-0.3, -0.25) is 14.6 Å². The van der Waals surface area contributed by atoms with E-state index in [0.29, 0.717) is 17.0 Å². The first-order valence-corrected chi connectivity index (χ1v) is 9.89. The standard InChI is InChI=1S/C23H24N2O4/c1-14-13-15(10-11-18(14)29-2)21(26)19-20(17-9-5-6-12-24-17)25(23(28)22(19)27)16-7-3-4-8-16/h5-6,9-13,16,20,26H,3-4,7-8H2,1-2H3/b21-19-. The van der Waals surface area contributed by atoms with E-state index in [1.165, 1.54) is 0 Å². The molecule has 2 aliphatic rings. The molecule has 6 nitrogen and oxygen atoms in total. The summed E-state index contributed by atoms with van der Waals surface area (Å²) in [5.41, 5.74) is 2.00. The number of benzene rings is 1. The molecular formula is C23H24N2O4. The topological polar surface area (TPSA) is 79.7 Å². The van der Waals surface area contributed by atoms with Crippen molar-refractivity contribution in [1.29, 1.82) is 0 Å². The Bertz CT molecular complexity index is 978. The normalized spacial score (nSPS) is 21.7. The van der Waals surface area contributed by atoms with E-state index in [1.807, 2.05) is 13.0 Å². The molecule has 2 heterocycles. The molecule has 0 spiro atoms. The number of aliphatic hydroxyl groups is 1. The molecule has 1 aliphatic carbocycles. The van der Waals surface area contributed by atoms with Gasteiger partial charge in [-0.25, -0.2) is 0 Å². The molecule has 1 amide bonds. The molecule has 1 aliphatic heterocycles. The maximum Gasteiger partial charge on any atom is 0.295 e. The molecule has 0 radical (unpaired) electrons. The first-order chi connectivity index (χ1) is 14.0. The van der Waals surface area contributed by atoms with Gasteiger partial charge in [0.05, 0.1) is 18.4 Å². The average Bonchev–Trinajstić information content (AvgIpc) is 3.35. The summed E-state index contributed by atoms with van der Waals surface area (Å²) in [5.74, 6) is -0.697. The maximum atomic E-state index is 13.0. The molecule has 2 aromatic rings. The molecule has 150 valence electrons. The van der Waals surface area contributed by atoms with Crippen LogP contribution in [0.4, 0.5) is 0 Å². The molecule has 1 aromatic heterocycles. The summed E-state index contributed by atoms with van der Waals surface area (Å²) in [6, 6.07) is 9.92. The number of Topliss-reactive ketones (excluding diaryl/α,β-unsaturated/α-hetero) is 1. The third-order valence-corrected chi connectivity index (χ3v) is 5.83. The highest BCUT2D eigenvalue weighted by molar-refractivity contribution is 6.46. The Hall–Kier alpha value is -3.15. The maximum absolute atomic E-state index is 13.0. The van der Waals surface area contributed by atoms with Gasteiger partial charge in [0, 0.05) is 17.8 Å². The van der Waals surface area contributed by atoms with Crippen LogP contribution in [0.1, 0.15) is 48.5 Å². The second-order valence-electron chi connectivity index (χ2n) is 7.58. The van der Waals surface area contributed by atoms with E-state index in [0.717, 1.165) is 31.2 Å². The molecule has 6 heteroatoms. The van der Waals surface area contributed by atoms with Crippen molar-refractivity contribution in [2.75, 3.05) is 7.11 Å². The largest absolute Gasteiger partial charge is 0.507 e. The highest BCUT2D eigenvalue weighted by atomic mass is 16.5. The zero-order valence-electron chi connectivity index (χ0n) is 16.6. The van der Waals surface area contributed by atoms with Crippen molar-refractivity contribution in [2.45, 2.75) is 44.7 Å². The fraction of sp³-hybridized carbons (Fsp3) is 0.348. The first kappa shape index (κ1) is 19.2. The van der Waals surface area contributed by atoms with Crippen LogP contribution in [0.3, 0.4) is 0 Å². The number of likely N-dealkylation sites (tertiary alicyclic amines) is 1. The number of nitrogens with zero attached hydrogens (tertiary/aromatic N) is 2. The quantitative estimate of drug-likeness (QED) is 0.487. The minimum atomic E-state index is -0.679. The number of carbonyl (C=O) groups is 2. The summed E-state index contributed by atoms with van der Waals surface area (Å²) in [7, 11) is 1.58. The van der Waals surface area contributed by atoms with E-state index in [-0.39, 0.29) is 17.4 Å². The van der Waals surface area contributed by atoms with Crippen molar-refractivity contribution in [2.24, 2.45) is 0 Å². The number of methoxy groups -OCH3 is 1. The zero-order valence-corrected chi connectivity index (χ0v) is 16.6. The summed E-state index contributed by atoms with van der Waals surface area (Å²) in [6.45, 7) is 1.86. The molecule has 1 N–H and O–H groups in total. The number of carbonyl (C=O) groups excluding carboxylic acids is 2. The molecule has 0 bridgehead atoms. The third-order valence-electron chi connectivity index (χ3n) is 5.83. The number of rotatable bonds is 4. The Morgan fingerprint density at radius 1 is 1.17 bits per heavy atom. The van der Waals surface area contributed by atoms with Crippen molar-refractivity contribution in [3.63, 3.8) is 0 Å². The Morgan fingerprint density at radius 2 is 1.93 bits per heavy atom. The summed E-state index contributed by atoms with van der Waals surface area (Å²) >= 11 is 0. The second kappa shape index (κ2) is 7.70. The molecule has 1 saturated carbocycles. The van der Waals surface area contributed by atoms with Gasteiger partial charge >= 0.3 is 0 Å². The van der Waals surface area contributed by atoms with Crippen LogP contribution in [0.25, 0.3) is 5.76 Å². The fourth-order valence-electron chi connectivity index (χ4n) is 4.42. The SMILES string of the molecule is COc1ccc(/C(O)=C2/C(=O)C(=O)N(C3CCCC3)C2c2ccccn2)cc1C. The van der Waals surface area contributed by atoms with Crippen LogP contribution in [0.2, 0.25) is 0 Å². The number of aryl methyl sites for hydroxylation is 1. The van der Waals surface area contributed by atoms with Gasteiger partial charge in [-0.05, 0) is 55.7 Å². The summed E-state index contributed by atoms with van der Waals surface area (Å²) in [6.07, 6.45) is 5.41. The van der Waals surface area contributed by atoms with Crippen LogP contribution in [0.5, 0.6) is 5.75 Å². The summed E-state index contributed by atoms with van der Waals surface area (Å²) in [4.78, 5) is 32.0. The number of pyridine rings is 1. The predicted octanol–water partition coefficient (Wildman–Crippen LogP) is 3.76. The number of amides is 1.